The van der Waals surface area contributed by atoms with E-state index < -0.39 is 0 Å². The SMILES string of the molecule is CC(=O)c1cnn(Cc2cccc(C#N)c2)c1C. The number of carbonyl (C=O) groups is 1. The summed E-state index contributed by atoms with van der Waals surface area (Å²) in [4.78, 5) is 11.3. The minimum atomic E-state index is 0.0181. The van der Waals surface area contributed by atoms with Crippen LogP contribution in [-0.4, -0.2) is 15.6 Å². The lowest BCUT2D eigenvalue weighted by molar-refractivity contribution is 0.101. The molecule has 1 aromatic heterocycles. The van der Waals surface area contributed by atoms with Crippen molar-refractivity contribution in [3.63, 3.8) is 0 Å². The minimum absolute atomic E-state index is 0.0181. The molecule has 2 aromatic rings. The molecule has 0 saturated heterocycles. The lowest BCUT2D eigenvalue weighted by Gasteiger charge is -2.05. The molecule has 0 aliphatic rings. The van der Waals surface area contributed by atoms with Crippen molar-refractivity contribution in [2.24, 2.45) is 0 Å². The van der Waals surface area contributed by atoms with E-state index in [1.54, 1.807) is 16.9 Å². The van der Waals surface area contributed by atoms with Gasteiger partial charge in [0.2, 0.25) is 0 Å². The number of ketones is 1. The number of benzene rings is 1. The van der Waals surface area contributed by atoms with Gasteiger partial charge in [-0.3, -0.25) is 9.48 Å². The molecule has 2 rings (SSSR count). The minimum Gasteiger partial charge on any atom is -0.294 e. The molecular formula is C14H13N3O. The van der Waals surface area contributed by atoms with Crippen LogP contribution in [0.4, 0.5) is 0 Å². The Kier molecular flexibility index (Phi) is 3.24. The average molecular weight is 239 g/mol. The highest BCUT2D eigenvalue weighted by atomic mass is 16.1. The summed E-state index contributed by atoms with van der Waals surface area (Å²) in [7, 11) is 0. The molecule has 0 unspecified atom stereocenters. The second kappa shape index (κ2) is 4.84. The number of hydrogen-bond donors (Lipinski definition) is 0. The molecular weight excluding hydrogens is 226 g/mol. The normalized spacial score (nSPS) is 10.1. The van der Waals surface area contributed by atoms with E-state index in [0.717, 1.165) is 11.3 Å². The zero-order valence-electron chi connectivity index (χ0n) is 10.3. The summed E-state index contributed by atoms with van der Waals surface area (Å²) in [6.07, 6.45) is 1.59. The van der Waals surface area contributed by atoms with Crippen molar-refractivity contribution in [3.8, 4) is 6.07 Å². The molecule has 0 fully saturated rings. The van der Waals surface area contributed by atoms with Gasteiger partial charge >= 0.3 is 0 Å². The highest BCUT2D eigenvalue weighted by Crippen LogP contribution is 2.11. The summed E-state index contributed by atoms with van der Waals surface area (Å²) >= 11 is 0. The number of rotatable bonds is 3. The van der Waals surface area contributed by atoms with Gasteiger partial charge in [-0.15, -0.1) is 0 Å². The van der Waals surface area contributed by atoms with E-state index in [2.05, 4.69) is 11.2 Å². The fourth-order valence-electron chi connectivity index (χ4n) is 1.86. The Bertz CT molecular complexity index is 635. The van der Waals surface area contributed by atoms with Crippen LogP contribution in [0, 0.1) is 18.3 Å². The van der Waals surface area contributed by atoms with Gasteiger partial charge in [0.1, 0.15) is 0 Å². The third-order valence-electron chi connectivity index (χ3n) is 2.87. The average Bonchev–Trinajstić information content (AvgIpc) is 2.71. The first-order chi connectivity index (χ1) is 8.61. The Morgan fingerprint density at radius 2 is 2.28 bits per heavy atom. The zero-order chi connectivity index (χ0) is 13.1. The van der Waals surface area contributed by atoms with Crippen molar-refractivity contribution in [2.45, 2.75) is 20.4 Å². The van der Waals surface area contributed by atoms with Crippen molar-refractivity contribution < 1.29 is 4.79 Å². The van der Waals surface area contributed by atoms with Gasteiger partial charge in [0.25, 0.3) is 0 Å². The van der Waals surface area contributed by atoms with Crippen LogP contribution in [-0.2, 0) is 6.54 Å². The molecule has 18 heavy (non-hydrogen) atoms. The third-order valence-corrected chi connectivity index (χ3v) is 2.87. The van der Waals surface area contributed by atoms with E-state index in [0.29, 0.717) is 17.7 Å². The molecule has 0 saturated carbocycles. The third kappa shape index (κ3) is 2.30. The summed E-state index contributed by atoms with van der Waals surface area (Å²) in [6, 6.07) is 9.49. The summed E-state index contributed by atoms with van der Waals surface area (Å²) in [5.74, 6) is 0.0181. The molecule has 0 bridgehead atoms. The number of aromatic nitrogens is 2. The van der Waals surface area contributed by atoms with E-state index in [4.69, 9.17) is 5.26 Å². The molecule has 0 radical (unpaired) electrons. The molecule has 90 valence electrons. The van der Waals surface area contributed by atoms with Crippen LogP contribution in [0.1, 0.15) is 34.1 Å². The standard InChI is InChI=1S/C14H13N3O/c1-10-14(11(2)18)8-16-17(10)9-13-5-3-4-12(6-13)7-15/h3-6,8H,9H2,1-2H3. The van der Waals surface area contributed by atoms with Crippen LogP contribution in [0.15, 0.2) is 30.5 Å². The Morgan fingerprint density at radius 1 is 1.50 bits per heavy atom. The van der Waals surface area contributed by atoms with Crippen molar-refractivity contribution in [1.29, 1.82) is 5.26 Å². The topological polar surface area (TPSA) is 58.7 Å². The van der Waals surface area contributed by atoms with E-state index >= 15 is 0 Å². The zero-order valence-corrected chi connectivity index (χ0v) is 10.3. The molecule has 0 N–H and O–H groups in total. The lowest BCUT2D eigenvalue weighted by Crippen LogP contribution is -2.05. The summed E-state index contributed by atoms with van der Waals surface area (Å²) in [6.45, 7) is 3.97. The predicted molar refractivity (Wildman–Crippen MR) is 67.2 cm³/mol. The van der Waals surface area contributed by atoms with Crippen LogP contribution in [0.5, 0.6) is 0 Å². The van der Waals surface area contributed by atoms with Crippen molar-refractivity contribution in [1.82, 2.24) is 9.78 Å². The Hall–Kier alpha value is -2.41. The highest BCUT2D eigenvalue weighted by Gasteiger charge is 2.10. The van der Waals surface area contributed by atoms with Gasteiger partial charge in [0, 0.05) is 5.69 Å². The number of nitrogens with zero attached hydrogens (tertiary/aromatic N) is 3. The quantitative estimate of drug-likeness (QED) is 0.772. The van der Waals surface area contributed by atoms with Gasteiger partial charge < -0.3 is 0 Å². The second-order valence-corrected chi connectivity index (χ2v) is 4.17. The molecule has 0 aliphatic heterocycles. The molecule has 4 heteroatoms. The molecule has 1 aromatic carbocycles. The van der Waals surface area contributed by atoms with Gasteiger partial charge in [-0.05, 0) is 31.5 Å². The fraction of sp³-hybridized carbons (Fsp3) is 0.214. The van der Waals surface area contributed by atoms with Crippen LogP contribution in [0.2, 0.25) is 0 Å². The van der Waals surface area contributed by atoms with Gasteiger partial charge in [-0.2, -0.15) is 10.4 Å². The van der Waals surface area contributed by atoms with Crippen molar-refractivity contribution in [2.75, 3.05) is 0 Å². The fourth-order valence-corrected chi connectivity index (χ4v) is 1.86. The maximum absolute atomic E-state index is 11.3. The first kappa shape index (κ1) is 12.1. The van der Waals surface area contributed by atoms with Crippen molar-refractivity contribution in [3.05, 3.63) is 52.8 Å². The Balaban J connectivity index is 2.29. The van der Waals surface area contributed by atoms with Gasteiger partial charge in [0.15, 0.2) is 5.78 Å². The van der Waals surface area contributed by atoms with Crippen LogP contribution >= 0.6 is 0 Å². The largest absolute Gasteiger partial charge is 0.294 e. The van der Waals surface area contributed by atoms with E-state index in [1.807, 2.05) is 25.1 Å². The monoisotopic (exact) mass is 239 g/mol. The first-order valence-electron chi connectivity index (χ1n) is 5.64. The van der Waals surface area contributed by atoms with Crippen molar-refractivity contribution >= 4 is 5.78 Å². The number of Topliss-reactive ketones (excluding diaryl/α,β-unsaturated/α-hetero) is 1. The molecule has 0 atom stereocenters. The summed E-state index contributed by atoms with van der Waals surface area (Å²) < 4.78 is 1.77. The Labute approximate surface area is 105 Å². The van der Waals surface area contributed by atoms with E-state index in [9.17, 15) is 4.79 Å². The lowest BCUT2D eigenvalue weighted by atomic mass is 10.1. The molecule has 0 amide bonds. The van der Waals surface area contributed by atoms with Crippen LogP contribution in [0.3, 0.4) is 0 Å². The first-order valence-corrected chi connectivity index (χ1v) is 5.64. The van der Waals surface area contributed by atoms with Crippen LogP contribution in [0.25, 0.3) is 0 Å². The van der Waals surface area contributed by atoms with Crippen LogP contribution < -0.4 is 0 Å². The number of carbonyl (C=O) groups excluding carboxylic acids is 1. The summed E-state index contributed by atoms with van der Waals surface area (Å²) in [5.41, 5.74) is 3.12. The smallest absolute Gasteiger partial charge is 0.163 e. The molecule has 1 heterocycles. The molecule has 0 spiro atoms. The number of hydrogen-bond acceptors (Lipinski definition) is 3. The second-order valence-electron chi connectivity index (χ2n) is 4.17. The predicted octanol–water partition coefficient (Wildman–Crippen LogP) is 2.31. The maximum Gasteiger partial charge on any atom is 0.163 e. The highest BCUT2D eigenvalue weighted by molar-refractivity contribution is 5.94. The number of nitriles is 1. The molecule has 4 nitrogen and oxygen atoms in total. The molecule has 0 aliphatic carbocycles. The summed E-state index contributed by atoms with van der Waals surface area (Å²) in [5, 5.41) is 13.0. The Morgan fingerprint density at radius 3 is 2.89 bits per heavy atom. The van der Waals surface area contributed by atoms with Gasteiger partial charge in [-0.25, -0.2) is 0 Å². The van der Waals surface area contributed by atoms with E-state index in [-0.39, 0.29) is 5.78 Å². The van der Waals surface area contributed by atoms with E-state index in [1.165, 1.54) is 6.92 Å². The van der Waals surface area contributed by atoms with Gasteiger partial charge in [-0.1, -0.05) is 12.1 Å². The maximum atomic E-state index is 11.3. The van der Waals surface area contributed by atoms with Gasteiger partial charge in [0.05, 0.1) is 29.9 Å².